The molecule has 20 heavy (non-hydrogen) atoms. The average molecular weight is 284 g/mol. The van der Waals surface area contributed by atoms with Gasteiger partial charge in [-0.05, 0) is 30.3 Å². The van der Waals surface area contributed by atoms with Crippen LogP contribution >= 0.6 is 11.8 Å². The molecule has 1 aromatic carbocycles. The van der Waals surface area contributed by atoms with Crippen LogP contribution in [0.15, 0.2) is 53.7 Å². The lowest BCUT2D eigenvalue weighted by molar-refractivity contribution is 0.344. The second kappa shape index (κ2) is 8.26. The van der Waals surface area contributed by atoms with Crippen LogP contribution in [0, 0.1) is 11.8 Å². The van der Waals surface area contributed by atoms with Gasteiger partial charge >= 0.3 is 0 Å². The summed E-state index contributed by atoms with van der Waals surface area (Å²) in [5.41, 5.74) is 6.28. The van der Waals surface area contributed by atoms with Crippen molar-refractivity contribution in [3.63, 3.8) is 0 Å². The highest BCUT2D eigenvalue weighted by molar-refractivity contribution is 7.99. The van der Waals surface area contributed by atoms with E-state index in [1.807, 2.05) is 42.5 Å². The van der Waals surface area contributed by atoms with Gasteiger partial charge in [-0.2, -0.15) is 0 Å². The number of aromatic nitrogens is 1. The Kier molecular flexibility index (Phi) is 5.97. The molecule has 2 aromatic rings. The maximum absolute atomic E-state index is 5.70. The molecule has 2 N–H and O–H groups in total. The Morgan fingerprint density at radius 2 is 2.15 bits per heavy atom. The smallest absolute Gasteiger partial charge is 0.120 e. The SMILES string of the molecule is NCC#Cc1cccc(OCCSc2ccccn2)c1. The Morgan fingerprint density at radius 1 is 1.20 bits per heavy atom. The molecule has 3 nitrogen and oxygen atoms in total. The molecule has 0 aliphatic carbocycles. The van der Waals surface area contributed by atoms with E-state index in [-0.39, 0.29) is 0 Å². The second-order valence-electron chi connectivity index (χ2n) is 3.90. The molecule has 4 heteroatoms. The number of nitrogens with two attached hydrogens (primary N) is 1. The van der Waals surface area contributed by atoms with Gasteiger partial charge in [0.05, 0.1) is 18.2 Å². The fraction of sp³-hybridized carbons (Fsp3) is 0.188. The van der Waals surface area contributed by atoms with E-state index in [1.54, 1.807) is 18.0 Å². The van der Waals surface area contributed by atoms with Gasteiger partial charge in [0.1, 0.15) is 5.75 Å². The van der Waals surface area contributed by atoms with Crippen LogP contribution in [0.1, 0.15) is 5.56 Å². The van der Waals surface area contributed by atoms with Crippen LogP contribution in [-0.4, -0.2) is 23.9 Å². The molecule has 0 radical (unpaired) electrons. The number of benzene rings is 1. The normalized spacial score (nSPS) is 9.65. The van der Waals surface area contributed by atoms with Crippen molar-refractivity contribution in [3.8, 4) is 17.6 Å². The summed E-state index contributed by atoms with van der Waals surface area (Å²) in [4.78, 5) is 4.25. The summed E-state index contributed by atoms with van der Waals surface area (Å²) in [6, 6.07) is 13.6. The average Bonchev–Trinajstić information content (AvgIpc) is 2.51. The Bertz CT molecular complexity index is 590. The van der Waals surface area contributed by atoms with Crippen LogP contribution in [0.2, 0.25) is 0 Å². The van der Waals surface area contributed by atoms with Gasteiger partial charge in [-0.1, -0.05) is 24.0 Å². The molecule has 0 saturated carbocycles. The van der Waals surface area contributed by atoms with Gasteiger partial charge in [-0.3, -0.25) is 0 Å². The monoisotopic (exact) mass is 284 g/mol. The summed E-state index contributed by atoms with van der Waals surface area (Å²) in [6.45, 7) is 1.00. The molecule has 0 aliphatic rings. The number of pyridine rings is 1. The van der Waals surface area contributed by atoms with Crippen LogP contribution < -0.4 is 10.5 Å². The van der Waals surface area contributed by atoms with Gasteiger partial charge in [0, 0.05) is 17.5 Å². The zero-order chi connectivity index (χ0) is 14.0. The number of nitrogens with zero attached hydrogens (tertiary/aromatic N) is 1. The van der Waals surface area contributed by atoms with E-state index >= 15 is 0 Å². The van der Waals surface area contributed by atoms with E-state index in [9.17, 15) is 0 Å². The molecular weight excluding hydrogens is 268 g/mol. The fourth-order valence-electron chi connectivity index (χ4n) is 1.55. The van der Waals surface area contributed by atoms with Crippen molar-refractivity contribution in [2.75, 3.05) is 18.9 Å². The van der Waals surface area contributed by atoms with Gasteiger partial charge in [0.15, 0.2) is 0 Å². The van der Waals surface area contributed by atoms with Gasteiger partial charge < -0.3 is 10.5 Å². The molecule has 1 heterocycles. The summed E-state index contributed by atoms with van der Waals surface area (Å²) in [5, 5.41) is 1.01. The lowest BCUT2D eigenvalue weighted by atomic mass is 10.2. The molecule has 0 amide bonds. The van der Waals surface area contributed by atoms with E-state index in [0.717, 1.165) is 22.1 Å². The van der Waals surface area contributed by atoms with E-state index < -0.39 is 0 Å². The number of ether oxygens (including phenoxy) is 1. The molecule has 0 fully saturated rings. The first-order chi connectivity index (χ1) is 9.88. The van der Waals surface area contributed by atoms with Crippen molar-refractivity contribution in [2.45, 2.75) is 5.03 Å². The molecule has 0 spiro atoms. The minimum Gasteiger partial charge on any atom is -0.493 e. The van der Waals surface area contributed by atoms with Crippen LogP contribution in [0.25, 0.3) is 0 Å². The standard InChI is InChI=1S/C16H16N2OS/c17-9-4-6-14-5-3-7-15(13-14)19-11-12-20-16-8-1-2-10-18-16/h1-3,5,7-8,10,13H,9,11-12,17H2. The van der Waals surface area contributed by atoms with Crippen molar-refractivity contribution in [2.24, 2.45) is 5.73 Å². The minimum absolute atomic E-state index is 0.367. The summed E-state index contributed by atoms with van der Waals surface area (Å²) in [7, 11) is 0. The van der Waals surface area contributed by atoms with Gasteiger partial charge in [-0.15, -0.1) is 11.8 Å². The summed E-state index contributed by atoms with van der Waals surface area (Å²) in [5.74, 6) is 7.51. The Balaban J connectivity index is 1.79. The van der Waals surface area contributed by atoms with Gasteiger partial charge in [-0.25, -0.2) is 4.98 Å². The van der Waals surface area contributed by atoms with Crippen LogP contribution in [0.3, 0.4) is 0 Å². The zero-order valence-electron chi connectivity index (χ0n) is 11.1. The quantitative estimate of drug-likeness (QED) is 0.521. The fourth-order valence-corrected chi connectivity index (χ4v) is 2.24. The van der Waals surface area contributed by atoms with E-state index in [2.05, 4.69) is 16.8 Å². The zero-order valence-corrected chi connectivity index (χ0v) is 11.9. The highest BCUT2D eigenvalue weighted by Gasteiger charge is 1.97. The minimum atomic E-state index is 0.367. The maximum Gasteiger partial charge on any atom is 0.120 e. The van der Waals surface area contributed by atoms with Gasteiger partial charge in [0.2, 0.25) is 0 Å². The molecule has 0 saturated heterocycles. The second-order valence-corrected chi connectivity index (χ2v) is 5.01. The molecule has 0 aliphatic heterocycles. The third-order valence-electron chi connectivity index (χ3n) is 2.41. The van der Waals surface area contributed by atoms with E-state index in [1.165, 1.54) is 0 Å². The van der Waals surface area contributed by atoms with Crippen molar-refractivity contribution >= 4 is 11.8 Å². The first-order valence-electron chi connectivity index (χ1n) is 6.34. The van der Waals surface area contributed by atoms with Crippen molar-refractivity contribution < 1.29 is 4.74 Å². The first kappa shape index (κ1) is 14.4. The number of hydrogen-bond donors (Lipinski definition) is 1. The van der Waals surface area contributed by atoms with Crippen LogP contribution in [-0.2, 0) is 0 Å². The molecule has 2 rings (SSSR count). The number of rotatable bonds is 5. The van der Waals surface area contributed by atoms with E-state index in [0.29, 0.717) is 13.2 Å². The largest absolute Gasteiger partial charge is 0.493 e. The number of hydrogen-bond acceptors (Lipinski definition) is 4. The topological polar surface area (TPSA) is 48.1 Å². The molecule has 0 unspecified atom stereocenters. The number of thioether (sulfide) groups is 1. The lowest BCUT2D eigenvalue weighted by Gasteiger charge is -2.06. The first-order valence-corrected chi connectivity index (χ1v) is 7.32. The molecule has 102 valence electrons. The highest BCUT2D eigenvalue weighted by atomic mass is 32.2. The predicted octanol–water partition coefficient (Wildman–Crippen LogP) is 2.56. The Morgan fingerprint density at radius 3 is 2.95 bits per heavy atom. The summed E-state index contributed by atoms with van der Waals surface area (Å²) >= 11 is 1.68. The maximum atomic E-state index is 5.70. The Hall–Kier alpha value is -1.96. The van der Waals surface area contributed by atoms with Crippen LogP contribution in [0.5, 0.6) is 5.75 Å². The molecule has 1 aromatic heterocycles. The van der Waals surface area contributed by atoms with Crippen LogP contribution in [0.4, 0.5) is 0 Å². The van der Waals surface area contributed by atoms with Crippen molar-refractivity contribution in [3.05, 3.63) is 54.2 Å². The Labute approximate surface area is 123 Å². The molecular formula is C16H16N2OS. The van der Waals surface area contributed by atoms with Crippen molar-refractivity contribution in [1.82, 2.24) is 4.98 Å². The lowest BCUT2D eigenvalue weighted by Crippen LogP contribution is -2.00. The molecule has 0 atom stereocenters. The molecule has 0 bridgehead atoms. The predicted molar refractivity (Wildman–Crippen MR) is 82.8 cm³/mol. The van der Waals surface area contributed by atoms with Gasteiger partial charge in [0.25, 0.3) is 0 Å². The van der Waals surface area contributed by atoms with Crippen molar-refractivity contribution in [1.29, 1.82) is 0 Å². The third kappa shape index (κ3) is 4.96. The van der Waals surface area contributed by atoms with E-state index in [4.69, 9.17) is 10.5 Å². The third-order valence-corrected chi connectivity index (χ3v) is 3.32. The highest BCUT2D eigenvalue weighted by Crippen LogP contribution is 2.16. The summed E-state index contributed by atoms with van der Waals surface area (Å²) < 4.78 is 5.70. The summed E-state index contributed by atoms with van der Waals surface area (Å²) in [6.07, 6.45) is 1.79.